The van der Waals surface area contributed by atoms with Gasteiger partial charge in [-0.15, -0.1) is 0 Å². The van der Waals surface area contributed by atoms with E-state index < -0.39 is 34.2 Å². The van der Waals surface area contributed by atoms with Crippen LogP contribution in [0, 0.1) is 12.3 Å². The second-order valence-electron chi connectivity index (χ2n) is 7.64. The van der Waals surface area contributed by atoms with Gasteiger partial charge in [-0.05, 0) is 48.7 Å². The summed E-state index contributed by atoms with van der Waals surface area (Å²) in [6.07, 6.45) is -4.59. The van der Waals surface area contributed by atoms with Crippen LogP contribution in [0.2, 0.25) is 5.02 Å². The number of alkyl halides is 3. The Kier molecular flexibility index (Phi) is 12.9. The maximum atomic E-state index is 12.6. The minimum absolute atomic E-state index is 0.0566. The molecule has 0 aliphatic carbocycles. The Morgan fingerprint density at radius 1 is 1.13 bits per heavy atom. The standard InChI is InChI=1S/C20H25ClN4O6S.C2HF3O2/c1-13-3-8-16(12-17(13)21)32(28,29)25-18(19(26)27)11-14-4-6-15(7-5-14)30-9-2-10-31-24-20(22)23;3-2(4,5)1(6)7/h3-8,12,18,25H,2,9-11H2,1H3,(H,26,27)(H4,22,23,24);(H,6,7)/t18-;/m0./s1. The number of nitrogens with one attached hydrogen (secondary N) is 3. The number of rotatable bonds is 12. The fourth-order valence-electron chi connectivity index (χ4n) is 2.58. The lowest BCUT2D eigenvalue weighted by Crippen LogP contribution is -2.42. The molecule has 2 aromatic carbocycles. The van der Waals surface area contributed by atoms with E-state index in [4.69, 9.17) is 42.2 Å². The summed E-state index contributed by atoms with van der Waals surface area (Å²) in [6.45, 7) is 2.39. The van der Waals surface area contributed by atoms with Gasteiger partial charge in [0.25, 0.3) is 0 Å². The molecule has 0 amide bonds. The lowest BCUT2D eigenvalue weighted by Gasteiger charge is -2.16. The molecule has 0 bridgehead atoms. The Labute approximate surface area is 226 Å². The van der Waals surface area contributed by atoms with E-state index in [0.29, 0.717) is 36.5 Å². The first kappa shape index (κ1) is 33.4. The highest BCUT2D eigenvalue weighted by molar-refractivity contribution is 7.89. The third-order valence-electron chi connectivity index (χ3n) is 4.50. The number of halogens is 4. The van der Waals surface area contributed by atoms with Crippen LogP contribution in [-0.2, 0) is 30.9 Å². The van der Waals surface area contributed by atoms with Gasteiger partial charge >= 0.3 is 18.1 Å². The number of guanidine groups is 1. The monoisotopic (exact) mass is 598 g/mol. The van der Waals surface area contributed by atoms with Crippen LogP contribution >= 0.6 is 11.6 Å². The third kappa shape index (κ3) is 12.7. The normalized spacial score (nSPS) is 12.0. The van der Waals surface area contributed by atoms with E-state index in [1.165, 1.54) is 12.1 Å². The van der Waals surface area contributed by atoms with Gasteiger partial charge < -0.3 is 20.7 Å². The van der Waals surface area contributed by atoms with Gasteiger partial charge in [-0.3, -0.25) is 15.0 Å². The molecular weight excluding hydrogens is 573 g/mol. The molecule has 12 nitrogen and oxygen atoms in total. The number of carbonyl (C=O) groups is 2. The van der Waals surface area contributed by atoms with Crippen molar-refractivity contribution in [1.29, 1.82) is 5.41 Å². The van der Waals surface area contributed by atoms with Crippen molar-refractivity contribution in [3.05, 3.63) is 58.6 Å². The first-order valence-electron chi connectivity index (χ1n) is 10.8. The smallest absolute Gasteiger partial charge is 0.490 e. The molecule has 0 spiro atoms. The van der Waals surface area contributed by atoms with E-state index in [0.717, 1.165) is 0 Å². The number of hydrogen-bond donors (Lipinski definition) is 6. The second-order valence-corrected chi connectivity index (χ2v) is 9.76. The van der Waals surface area contributed by atoms with Crippen LogP contribution in [0.15, 0.2) is 47.4 Å². The first-order chi connectivity index (χ1) is 18.0. The van der Waals surface area contributed by atoms with Gasteiger partial charge in [0.15, 0.2) is 0 Å². The molecule has 7 N–H and O–H groups in total. The molecule has 0 saturated heterocycles. The third-order valence-corrected chi connectivity index (χ3v) is 6.37. The summed E-state index contributed by atoms with van der Waals surface area (Å²) in [5.41, 5.74) is 8.61. The summed E-state index contributed by atoms with van der Waals surface area (Å²) in [6, 6.07) is 9.50. The summed E-state index contributed by atoms with van der Waals surface area (Å²) in [5, 5.41) is 23.8. The maximum Gasteiger partial charge on any atom is 0.490 e. The Bertz CT molecular complexity index is 1240. The molecule has 2 rings (SSSR count). The van der Waals surface area contributed by atoms with Crippen LogP contribution < -0.4 is 20.7 Å². The quantitative estimate of drug-likeness (QED) is 0.0912. The molecule has 17 heteroatoms. The molecule has 0 unspecified atom stereocenters. The molecule has 0 saturated carbocycles. The van der Waals surface area contributed by atoms with Crippen molar-refractivity contribution in [3.8, 4) is 5.75 Å². The fraction of sp³-hybridized carbons (Fsp3) is 0.318. The van der Waals surface area contributed by atoms with Crippen LogP contribution in [0.25, 0.3) is 0 Å². The lowest BCUT2D eigenvalue weighted by atomic mass is 10.1. The van der Waals surface area contributed by atoms with Crippen molar-refractivity contribution >= 4 is 39.5 Å². The van der Waals surface area contributed by atoms with E-state index in [2.05, 4.69) is 10.2 Å². The van der Waals surface area contributed by atoms with Gasteiger partial charge in [-0.2, -0.15) is 17.9 Å². The van der Waals surface area contributed by atoms with E-state index >= 15 is 0 Å². The Morgan fingerprint density at radius 3 is 2.21 bits per heavy atom. The zero-order valence-corrected chi connectivity index (χ0v) is 21.9. The summed E-state index contributed by atoms with van der Waals surface area (Å²) in [7, 11) is -4.08. The van der Waals surface area contributed by atoms with Crippen molar-refractivity contribution < 1.29 is 51.0 Å². The van der Waals surface area contributed by atoms with Crippen molar-refractivity contribution in [2.45, 2.75) is 36.9 Å². The molecule has 39 heavy (non-hydrogen) atoms. The highest BCUT2D eigenvalue weighted by atomic mass is 35.5. The lowest BCUT2D eigenvalue weighted by molar-refractivity contribution is -0.192. The summed E-state index contributed by atoms with van der Waals surface area (Å²) >= 11 is 5.99. The Morgan fingerprint density at radius 2 is 1.72 bits per heavy atom. The number of hydroxylamine groups is 1. The average Bonchev–Trinajstić information content (AvgIpc) is 2.83. The van der Waals surface area contributed by atoms with E-state index in [-0.39, 0.29) is 22.3 Å². The molecule has 2 aromatic rings. The van der Waals surface area contributed by atoms with E-state index in [1.807, 2.05) is 0 Å². The van der Waals surface area contributed by atoms with Gasteiger partial charge in [0.05, 0.1) is 18.1 Å². The fourth-order valence-corrected chi connectivity index (χ4v) is 4.04. The van der Waals surface area contributed by atoms with Crippen molar-refractivity contribution in [2.24, 2.45) is 5.73 Å². The molecule has 0 aromatic heterocycles. The highest BCUT2D eigenvalue weighted by Gasteiger charge is 2.38. The number of carboxylic acid groups (broad SMARTS) is 2. The molecule has 0 aliphatic rings. The van der Waals surface area contributed by atoms with E-state index in [9.17, 15) is 31.5 Å². The van der Waals surface area contributed by atoms with Crippen LogP contribution in [0.4, 0.5) is 13.2 Å². The topological polar surface area (TPSA) is 201 Å². The number of hydrogen-bond acceptors (Lipinski definition) is 7. The molecule has 216 valence electrons. The van der Waals surface area contributed by atoms with Gasteiger partial charge in [-0.1, -0.05) is 29.8 Å². The molecule has 0 radical (unpaired) electrons. The van der Waals surface area contributed by atoms with Crippen molar-refractivity contribution in [3.63, 3.8) is 0 Å². The zero-order chi connectivity index (χ0) is 29.8. The van der Waals surface area contributed by atoms with Crippen LogP contribution in [0.1, 0.15) is 17.5 Å². The van der Waals surface area contributed by atoms with Gasteiger partial charge in [0.2, 0.25) is 16.0 Å². The van der Waals surface area contributed by atoms with E-state index in [1.54, 1.807) is 37.3 Å². The Hall–Kier alpha value is -3.60. The molecule has 1 atom stereocenters. The highest BCUT2D eigenvalue weighted by Crippen LogP contribution is 2.21. The Balaban J connectivity index is 0.000000956. The van der Waals surface area contributed by atoms with Gasteiger partial charge in [0.1, 0.15) is 11.8 Å². The summed E-state index contributed by atoms with van der Waals surface area (Å²) in [4.78, 5) is 25.3. The number of ether oxygens (including phenoxy) is 1. The maximum absolute atomic E-state index is 12.6. The first-order valence-corrected chi connectivity index (χ1v) is 12.6. The molecular formula is C22H26ClF3N4O8S. The molecule has 0 aliphatic heterocycles. The van der Waals surface area contributed by atoms with Gasteiger partial charge in [-0.25, -0.2) is 18.7 Å². The average molecular weight is 599 g/mol. The number of aliphatic carboxylic acids is 2. The number of benzene rings is 2. The van der Waals surface area contributed by atoms with Crippen molar-refractivity contribution in [2.75, 3.05) is 13.2 Å². The van der Waals surface area contributed by atoms with Crippen LogP contribution in [0.3, 0.4) is 0 Å². The minimum atomic E-state index is -5.08. The molecule has 0 heterocycles. The number of aryl methyl sites for hydroxylation is 1. The zero-order valence-electron chi connectivity index (χ0n) is 20.3. The van der Waals surface area contributed by atoms with Crippen molar-refractivity contribution in [1.82, 2.24) is 10.2 Å². The molecule has 0 fully saturated rings. The van der Waals surface area contributed by atoms with Crippen LogP contribution in [0.5, 0.6) is 5.75 Å². The number of sulfonamides is 1. The van der Waals surface area contributed by atoms with Gasteiger partial charge in [0, 0.05) is 11.4 Å². The number of nitrogens with two attached hydrogens (primary N) is 1. The second kappa shape index (κ2) is 15.1. The van der Waals surface area contributed by atoms with Crippen LogP contribution in [-0.4, -0.2) is 62.0 Å². The minimum Gasteiger partial charge on any atom is -0.494 e. The SMILES string of the molecule is Cc1ccc(S(=O)(=O)N[C@@H](Cc2ccc(OCCCONC(=N)N)cc2)C(=O)O)cc1Cl.O=C(O)C(F)(F)F. The number of carboxylic acids is 2. The summed E-state index contributed by atoms with van der Waals surface area (Å²) < 4.78 is 64.7. The predicted octanol–water partition coefficient (Wildman–Crippen LogP) is 2.44. The predicted molar refractivity (Wildman–Crippen MR) is 133 cm³/mol. The summed E-state index contributed by atoms with van der Waals surface area (Å²) in [5.74, 6) is -3.78. The largest absolute Gasteiger partial charge is 0.494 e.